The lowest BCUT2D eigenvalue weighted by Crippen LogP contribution is -2.52. The van der Waals surface area contributed by atoms with Crippen LogP contribution in [0, 0.1) is 5.92 Å². The number of hydrogen-bond donors (Lipinski definition) is 2. The molecular formula is C20H33N3O4. The third-order valence-corrected chi connectivity index (χ3v) is 6.37. The zero-order valence-corrected chi connectivity index (χ0v) is 16.2. The zero-order valence-electron chi connectivity index (χ0n) is 16.2. The Kier molecular flexibility index (Phi) is 7.10. The van der Waals surface area contributed by atoms with Gasteiger partial charge in [0.2, 0.25) is 11.8 Å². The molecule has 0 spiro atoms. The van der Waals surface area contributed by atoms with E-state index >= 15 is 0 Å². The number of likely N-dealkylation sites (tertiary alicyclic amines) is 2. The lowest BCUT2D eigenvalue weighted by Gasteiger charge is -2.36. The summed E-state index contributed by atoms with van der Waals surface area (Å²) >= 11 is 0. The minimum Gasteiger partial charge on any atom is -0.480 e. The van der Waals surface area contributed by atoms with Crippen LogP contribution in [0.5, 0.6) is 0 Å². The highest BCUT2D eigenvalue weighted by Gasteiger charge is 2.32. The molecule has 3 fully saturated rings. The minimum atomic E-state index is -0.836. The lowest BCUT2D eigenvalue weighted by atomic mass is 9.87. The van der Waals surface area contributed by atoms with Crippen molar-refractivity contribution in [1.82, 2.24) is 15.1 Å². The minimum absolute atomic E-state index is 0.0842. The van der Waals surface area contributed by atoms with E-state index in [-0.39, 0.29) is 24.4 Å². The molecule has 0 bridgehead atoms. The van der Waals surface area contributed by atoms with Gasteiger partial charge in [-0.05, 0) is 45.1 Å². The van der Waals surface area contributed by atoms with E-state index in [1.54, 1.807) is 4.90 Å². The molecule has 2 aliphatic heterocycles. The van der Waals surface area contributed by atoms with Gasteiger partial charge in [0.25, 0.3) is 0 Å². The number of carbonyl (C=O) groups excluding carboxylic acids is 2. The summed E-state index contributed by atoms with van der Waals surface area (Å²) in [5.41, 5.74) is 0. The van der Waals surface area contributed by atoms with Gasteiger partial charge in [-0.15, -0.1) is 0 Å². The molecule has 0 radical (unpaired) electrons. The van der Waals surface area contributed by atoms with Crippen molar-refractivity contribution in [2.75, 3.05) is 26.2 Å². The first-order chi connectivity index (χ1) is 13.0. The van der Waals surface area contributed by atoms with Gasteiger partial charge < -0.3 is 15.3 Å². The van der Waals surface area contributed by atoms with Crippen LogP contribution in [0.4, 0.5) is 0 Å². The van der Waals surface area contributed by atoms with Crippen LogP contribution >= 0.6 is 0 Å². The highest BCUT2D eigenvalue weighted by atomic mass is 16.4. The first kappa shape index (κ1) is 20.1. The van der Waals surface area contributed by atoms with E-state index in [1.807, 2.05) is 4.90 Å². The fourth-order valence-corrected chi connectivity index (χ4v) is 4.77. The van der Waals surface area contributed by atoms with Crippen molar-refractivity contribution in [2.24, 2.45) is 5.92 Å². The summed E-state index contributed by atoms with van der Waals surface area (Å²) in [7, 11) is 0. The Hall–Kier alpha value is -1.63. The topological polar surface area (TPSA) is 89.9 Å². The third kappa shape index (κ3) is 5.43. The van der Waals surface area contributed by atoms with Crippen LogP contribution in [0.3, 0.4) is 0 Å². The normalized spacial score (nSPS) is 25.9. The molecule has 0 aromatic carbocycles. The van der Waals surface area contributed by atoms with E-state index in [1.165, 1.54) is 6.42 Å². The Morgan fingerprint density at radius 2 is 1.52 bits per heavy atom. The van der Waals surface area contributed by atoms with Crippen LogP contribution in [0.2, 0.25) is 0 Å². The van der Waals surface area contributed by atoms with E-state index in [9.17, 15) is 19.5 Å². The van der Waals surface area contributed by atoms with Gasteiger partial charge in [-0.3, -0.25) is 19.3 Å². The van der Waals surface area contributed by atoms with Crippen LogP contribution in [-0.4, -0.2) is 71.0 Å². The van der Waals surface area contributed by atoms with Crippen LogP contribution in [0.1, 0.15) is 64.2 Å². The second-order valence-corrected chi connectivity index (χ2v) is 8.32. The zero-order chi connectivity index (χ0) is 19.2. The molecule has 2 saturated heterocycles. The molecular weight excluding hydrogens is 346 g/mol. The van der Waals surface area contributed by atoms with Crippen molar-refractivity contribution in [3.8, 4) is 0 Å². The summed E-state index contributed by atoms with van der Waals surface area (Å²) in [6, 6.07) is -0.458. The van der Waals surface area contributed by atoms with Crippen LogP contribution in [0.15, 0.2) is 0 Å². The predicted octanol–water partition coefficient (Wildman–Crippen LogP) is 1.61. The van der Waals surface area contributed by atoms with Gasteiger partial charge in [0.1, 0.15) is 6.04 Å². The highest BCUT2D eigenvalue weighted by Crippen LogP contribution is 2.26. The summed E-state index contributed by atoms with van der Waals surface area (Å²) in [6.45, 7) is 2.24. The maximum absolute atomic E-state index is 12.6. The van der Waals surface area contributed by atoms with Gasteiger partial charge in [0, 0.05) is 25.0 Å². The fraction of sp³-hybridized carbons (Fsp3) is 0.850. The van der Waals surface area contributed by atoms with E-state index < -0.39 is 12.0 Å². The summed E-state index contributed by atoms with van der Waals surface area (Å²) in [6.07, 6.45) is 9.65. The maximum Gasteiger partial charge on any atom is 0.320 e. The quantitative estimate of drug-likeness (QED) is 0.757. The van der Waals surface area contributed by atoms with Gasteiger partial charge >= 0.3 is 5.97 Å². The SMILES string of the molecule is O=C(CN1CCCCC1C(=O)O)NC1CCN(C(=O)C2CCCCC2)CC1. The Morgan fingerprint density at radius 1 is 0.852 bits per heavy atom. The lowest BCUT2D eigenvalue weighted by molar-refractivity contribution is -0.145. The summed E-state index contributed by atoms with van der Waals surface area (Å²) in [5, 5.41) is 12.4. The van der Waals surface area contributed by atoms with E-state index in [2.05, 4.69) is 5.32 Å². The van der Waals surface area contributed by atoms with E-state index in [0.29, 0.717) is 32.0 Å². The van der Waals surface area contributed by atoms with Crippen molar-refractivity contribution < 1.29 is 19.5 Å². The number of carboxylic acid groups (broad SMARTS) is 1. The molecule has 1 saturated carbocycles. The highest BCUT2D eigenvalue weighted by molar-refractivity contribution is 5.81. The molecule has 2 amide bonds. The maximum atomic E-state index is 12.6. The summed E-state index contributed by atoms with van der Waals surface area (Å²) < 4.78 is 0. The number of rotatable bonds is 5. The second-order valence-electron chi connectivity index (χ2n) is 8.32. The van der Waals surface area contributed by atoms with Gasteiger partial charge in [-0.25, -0.2) is 0 Å². The number of hydrogen-bond acceptors (Lipinski definition) is 4. The molecule has 0 aromatic heterocycles. The number of aliphatic carboxylic acids is 1. The van der Waals surface area contributed by atoms with Gasteiger partial charge in [-0.2, -0.15) is 0 Å². The predicted molar refractivity (Wildman–Crippen MR) is 101 cm³/mol. The molecule has 27 heavy (non-hydrogen) atoms. The first-order valence-corrected chi connectivity index (χ1v) is 10.6. The monoisotopic (exact) mass is 379 g/mol. The number of carboxylic acids is 1. The van der Waals surface area contributed by atoms with Gasteiger partial charge in [0.15, 0.2) is 0 Å². The van der Waals surface area contributed by atoms with Gasteiger partial charge in [0.05, 0.1) is 6.54 Å². The second kappa shape index (κ2) is 9.53. The Morgan fingerprint density at radius 3 is 2.19 bits per heavy atom. The van der Waals surface area contributed by atoms with Gasteiger partial charge in [-0.1, -0.05) is 25.7 Å². The van der Waals surface area contributed by atoms with Crippen molar-refractivity contribution >= 4 is 17.8 Å². The fourth-order valence-electron chi connectivity index (χ4n) is 4.77. The molecule has 3 rings (SSSR count). The number of carbonyl (C=O) groups is 3. The summed E-state index contributed by atoms with van der Waals surface area (Å²) in [4.78, 5) is 40.1. The van der Waals surface area contributed by atoms with Crippen LogP contribution in [-0.2, 0) is 14.4 Å². The van der Waals surface area contributed by atoms with Crippen molar-refractivity contribution in [1.29, 1.82) is 0 Å². The molecule has 1 atom stereocenters. The van der Waals surface area contributed by atoms with Crippen molar-refractivity contribution in [3.05, 3.63) is 0 Å². The van der Waals surface area contributed by atoms with Crippen LogP contribution < -0.4 is 5.32 Å². The van der Waals surface area contributed by atoms with Crippen molar-refractivity contribution in [3.63, 3.8) is 0 Å². The average molecular weight is 380 g/mol. The number of nitrogens with one attached hydrogen (secondary N) is 1. The molecule has 7 heteroatoms. The molecule has 2 heterocycles. The smallest absolute Gasteiger partial charge is 0.320 e. The van der Waals surface area contributed by atoms with E-state index in [0.717, 1.165) is 51.4 Å². The number of nitrogens with zero attached hydrogens (tertiary/aromatic N) is 2. The molecule has 152 valence electrons. The molecule has 1 unspecified atom stereocenters. The molecule has 2 N–H and O–H groups in total. The first-order valence-electron chi connectivity index (χ1n) is 10.6. The van der Waals surface area contributed by atoms with E-state index in [4.69, 9.17) is 0 Å². The Labute approximate surface area is 161 Å². The van der Waals surface area contributed by atoms with Crippen molar-refractivity contribution in [2.45, 2.75) is 76.3 Å². The number of amides is 2. The van der Waals surface area contributed by atoms with Crippen LogP contribution in [0.25, 0.3) is 0 Å². The largest absolute Gasteiger partial charge is 0.480 e. The molecule has 7 nitrogen and oxygen atoms in total. The molecule has 1 aliphatic carbocycles. The Bertz CT molecular complexity index is 539. The standard InChI is InChI=1S/C20H33N3O4/c24-18(14-23-11-5-4-8-17(23)20(26)27)21-16-9-12-22(13-10-16)19(25)15-6-2-1-3-7-15/h15-17H,1-14H2,(H,21,24)(H,26,27). The average Bonchev–Trinajstić information content (AvgIpc) is 2.69. The molecule has 3 aliphatic rings. The number of piperidine rings is 2. The summed E-state index contributed by atoms with van der Waals surface area (Å²) in [5.74, 6) is -0.425. The Balaban J connectivity index is 1.41. The third-order valence-electron chi connectivity index (χ3n) is 6.37. The molecule has 0 aromatic rings.